The van der Waals surface area contributed by atoms with E-state index in [1.165, 1.54) is 0 Å². The maximum Gasteiger partial charge on any atom is 0.187 e. The van der Waals surface area contributed by atoms with E-state index in [9.17, 15) is 0 Å². The summed E-state index contributed by atoms with van der Waals surface area (Å²) in [6.45, 7) is 0. The molecule has 0 atom stereocenters. The number of nitrogens with zero attached hydrogens (tertiary/aromatic N) is 5. The first kappa shape index (κ1) is 13.1. The maximum atomic E-state index is 5.82. The summed E-state index contributed by atoms with van der Waals surface area (Å²) in [4.78, 5) is 2.04. The van der Waals surface area contributed by atoms with Gasteiger partial charge in [0.05, 0.1) is 5.69 Å². The van der Waals surface area contributed by atoms with Crippen molar-refractivity contribution in [3.63, 3.8) is 0 Å². The third-order valence-corrected chi connectivity index (χ3v) is 3.23. The molecule has 1 heterocycles. The molecule has 6 heteroatoms. The van der Waals surface area contributed by atoms with Crippen molar-refractivity contribution in [3.05, 3.63) is 48.5 Å². The number of nitrogens with two attached hydrogens (primary N) is 1. The molecule has 0 amide bonds. The van der Waals surface area contributed by atoms with Gasteiger partial charge in [0.15, 0.2) is 5.82 Å². The van der Waals surface area contributed by atoms with Crippen LogP contribution in [0.2, 0.25) is 0 Å². The first-order valence-electron chi connectivity index (χ1n) is 6.57. The molecule has 0 aliphatic rings. The van der Waals surface area contributed by atoms with E-state index in [1.807, 2.05) is 67.5 Å². The van der Waals surface area contributed by atoms with Crippen molar-refractivity contribution >= 4 is 11.4 Å². The normalized spacial score (nSPS) is 10.6. The van der Waals surface area contributed by atoms with Crippen LogP contribution >= 0.6 is 0 Å². The molecular formula is C15H16N6. The van der Waals surface area contributed by atoms with Crippen LogP contribution in [-0.4, -0.2) is 34.3 Å². The van der Waals surface area contributed by atoms with Crippen molar-refractivity contribution in [2.45, 2.75) is 0 Å². The second kappa shape index (κ2) is 5.24. The summed E-state index contributed by atoms with van der Waals surface area (Å²) in [5.74, 6) is 0.667. The standard InChI is InChI=1S/C15H16N6/c1-20(2)13-6-8-14(9-7-13)21-15(17-18-19-21)11-4-3-5-12(16)10-11/h3-10H,16H2,1-2H3. The lowest BCUT2D eigenvalue weighted by molar-refractivity contribution is 0.791. The Bertz CT molecular complexity index is 745. The summed E-state index contributed by atoms with van der Waals surface area (Å²) in [6.07, 6.45) is 0. The number of nitrogen functional groups attached to an aromatic ring is 1. The Labute approximate surface area is 122 Å². The average Bonchev–Trinajstić information content (AvgIpc) is 2.97. The first-order chi connectivity index (χ1) is 10.1. The predicted octanol–water partition coefficient (Wildman–Crippen LogP) is 1.98. The summed E-state index contributed by atoms with van der Waals surface area (Å²) in [7, 11) is 4.01. The van der Waals surface area contributed by atoms with Gasteiger partial charge in [-0.25, -0.2) is 0 Å². The summed E-state index contributed by atoms with van der Waals surface area (Å²) in [5, 5.41) is 11.9. The van der Waals surface area contributed by atoms with E-state index in [-0.39, 0.29) is 0 Å². The number of aromatic nitrogens is 4. The third-order valence-electron chi connectivity index (χ3n) is 3.23. The largest absolute Gasteiger partial charge is 0.399 e. The lowest BCUT2D eigenvalue weighted by Crippen LogP contribution is -2.08. The van der Waals surface area contributed by atoms with E-state index in [2.05, 4.69) is 15.5 Å². The van der Waals surface area contributed by atoms with Gasteiger partial charge in [-0.15, -0.1) is 5.10 Å². The second-order valence-corrected chi connectivity index (χ2v) is 4.95. The number of benzene rings is 2. The molecule has 0 radical (unpaired) electrons. The van der Waals surface area contributed by atoms with Crippen molar-refractivity contribution < 1.29 is 0 Å². The van der Waals surface area contributed by atoms with Crippen molar-refractivity contribution in [1.82, 2.24) is 20.2 Å². The van der Waals surface area contributed by atoms with Gasteiger partial charge in [0, 0.05) is 31.0 Å². The Morgan fingerprint density at radius 2 is 1.81 bits per heavy atom. The molecular weight excluding hydrogens is 264 g/mol. The molecule has 0 unspecified atom stereocenters. The lowest BCUT2D eigenvalue weighted by atomic mass is 10.2. The Hall–Kier alpha value is -2.89. The van der Waals surface area contributed by atoms with Gasteiger partial charge in [-0.3, -0.25) is 0 Å². The van der Waals surface area contributed by atoms with Crippen molar-refractivity contribution in [2.24, 2.45) is 0 Å². The molecule has 0 bridgehead atoms. The zero-order chi connectivity index (χ0) is 14.8. The van der Waals surface area contributed by atoms with Gasteiger partial charge in [0.1, 0.15) is 0 Å². The monoisotopic (exact) mass is 280 g/mol. The maximum absolute atomic E-state index is 5.82. The summed E-state index contributed by atoms with van der Waals surface area (Å²) >= 11 is 0. The van der Waals surface area contributed by atoms with Gasteiger partial charge in [-0.1, -0.05) is 12.1 Å². The fourth-order valence-corrected chi connectivity index (χ4v) is 2.11. The molecule has 2 aromatic carbocycles. The molecule has 0 aliphatic carbocycles. The fraction of sp³-hybridized carbons (Fsp3) is 0.133. The average molecular weight is 280 g/mol. The highest BCUT2D eigenvalue weighted by molar-refractivity contribution is 5.63. The Balaban J connectivity index is 2.02. The van der Waals surface area contributed by atoms with E-state index < -0.39 is 0 Å². The molecule has 0 saturated heterocycles. The molecule has 3 aromatic rings. The van der Waals surface area contributed by atoms with Crippen molar-refractivity contribution in [1.29, 1.82) is 0 Å². The summed E-state index contributed by atoms with van der Waals surface area (Å²) in [5.41, 5.74) is 9.42. The number of anilines is 2. The SMILES string of the molecule is CN(C)c1ccc(-n2nnnc2-c2cccc(N)c2)cc1. The minimum Gasteiger partial charge on any atom is -0.399 e. The molecule has 3 rings (SSSR count). The van der Waals surface area contributed by atoms with Gasteiger partial charge in [-0.05, 0) is 46.8 Å². The van der Waals surface area contributed by atoms with Crippen molar-refractivity contribution in [3.8, 4) is 17.1 Å². The second-order valence-electron chi connectivity index (χ2n) is 4.95. The highest BCUT2D eigenvalue weighted by atomic mass is 15.5. The summed E-state index contributed by atoms with van der Waals surface area (Å²) in [6, 6.07) is 15.6. The van der Waals surface area contributed by atoms with Crippen LogP contribution in [0.5, 0.6) is 0 Å². The molecule has 6 nitrogen and oxygen atoms in total. The van der Waals surface area contributed by atoms with Crippen LogP contribution in [0.15, 0.2) is 48.5 Å². The molecule has 0 saturated carbocycles. The fourth-order valence-electron chi connectivity index (χ4n) is 2.11. The van der Waals surface area contributed by atoms with Gasteiger partial charge in [0.25, 0.3) is 0 Å². The molecule has 0 fully saturated rings. The zero-order valence-electron chi connectivity index (χ0n) is 11.9. The molecule has 2 N–H and O–H groups in total. The molecule has 106 valence electrons. The van der Waals surface area contributed by atoms with Crippen LogP contribution < -0.4 is 10.6 Å². The Kier molecular flexibility index (Phi) is 3.27. The van der Waals surface area contributed by atoms with Crippen LogP contribution in [0.1, 0.15) is 0 Å². The smallest absolute Gasteiger partial charge is 0.187 e. The summed E-state index contributed by atoms with van der Waals surface area (Å²) < 4.78 is 1.70. The van der Waals surface area contributed by atoms with Gasteiger partial charge < -0.3 is 10.6 Å². The Morgan fingerprint density at radius 1 is 1.05 bits per heavy atom. The highest BCUT2D eigenvalue weighted by Gasteiger charge is 2.11. The number of hydrogen-bond acceptors (Lipinski definition) is 5. The van der Waals surface area contributed by atoms with Gasteiger partial charge >= 0.3 is 0 Å². The third kappa shape index (κ3) is 2.55. The van der Waals surface area contributed by atoms with Crippen molar-refractivity contribution in [2.75, 3.05) is 24.7 Å². The number of hydrogen-bond donors (Lipinski definition) is 1. The molecule has 0 aliphatic heterocycles. The highest BCUT2D eigenvalue weighted by Crippen LogP contribution is 2.22. The van der Waals surface area contributed by atoms with Crippen LogP contribution in [0.25, 0.3) is 17.1 Å². The van der Waals surface area contributed by atoms with E-state index in [0.717, 1.165) is 16.9 Å². The molecule has 0 spiro atoms. The zero-order valence-corrected chi connectivity index (χ0v) is 11.9. The topological polar surface area (TPSA) is 72.9 Å². The first-order valence-corrected chi connectivity index (χ1v) is 6.57. The number of rotatable bonds is 3. The molecule has 1 aromatic heterocycles. The molecule has 21 heavy (non-hydrogen) atoms. The van der Waals surface area contributed by atoms with E-state index in [1.54, 1.807) is 4.68 Å². The van der Waals surface area contributed by atoms with Crippen LogP contribution in [0.3, 0.4) is 0 Å². The quantitative estimate of drug-likeness (QED) is 0.743. The number of tetrazole rings is 1. The van der Waals surface area contributed by atoms with Gasteiger partial charge in [0.2, 0.25) is 0 Å². The van der Waals surface area contributed by atoms with Crippen LogP contribution in [0.4, 0.5) is 11.4 Å². The van der Waals surface area contributed by atoms with Crippen LogP contribution in [0, 0.1) is 0 Å². The predicted molar refractivity (Wildman–Crippen MR) is 83.3 cm³/mol. The van der Waals surface area contributed by atoms with E-state index in [0.29, 0.717) is 11.5 Å². The lowest BCUT2D eigenvalue weighted by Gasteiger charge is -2.13. The van der Waals surface area contributed by atoms with Gasteiger partial charge in [-0.2, -0.15) is 4.68 Å². The minimum absolute atomic E-state index is 0.667. The van der Waals surface area contributed by atoms with E-state index >= 15 is 0 Å². The van der Waals surface area contributed by atoms with Crippen LogP contribution in [-0.2, 0) is 0 Å². The Morgan fingerprint density at radius 3 is 2.48 bits per heavy atom. The van der Waals surface area contributed by atoms with E-state index in [4.69, 9.17) is 5.73 Å². The minimum atomic E-state index is 0.667.